The molecular formula is C9H15NO. The zero-order chi connectivity index (χ0) is 8.27. The molecule has 0 aromatic heterocycles. The van der Waals surface area contributed by atoms with Gasteiger partial charge in [0, 0.05) is 18.8 Å². The summed E-state index contributed by atoms with van der Waals surface area (Å²) in [6.45, 7) is 6.11. The van der Waals surface area contributed by atoms with Crippen molar-refractivity contribution in [1.29, 1.82) is 0 Å². The Morgan fingerprint density at radius 3 is 2.91 bits per heavy atom. The molecule has 1 heterocycles. The van der Waals surface area contributed by atoms with E-state index in [2.05, 4.69) is 11.8 Å². The summed E-state index contributed by atoms with van der Waals surface area (Å²) in [6.07, 6.45) is 4.79. The van der Waals surface area contributed by atoms with Gasteiger partial charge in [0.2, 0.25) is 0 Å². The molecule has 0 unspecified atom stereocenters. The fourth-order valence-corrected chi connectivity index (χ4v) is 1.25. The third kappa shape index (κ3) is 2.00. The van der Waals surface area contributed by atoms with Gasteiger partial charge in [0.25, 0.3) is 0 Å². The summed E-state index contributed by atoms with van der Waals surface area (Å²) in [5.41, 5.74) is 1.16. The molecule has 0 saturated carbocycles. The minimum absolute atomic E-state index is 0.398. The molecule has 0 saturated heterocycles. The molecule has 1 aliphatic rings. The smallest absolute Gasteiger partial charge is 0.115 e. The SMILES string of the molecule is CCCN1CC=C(O)C=C1C. The van der Waals surface area contributed by atoms with Gasteiger partial charge in [0.05, 0.1) is 0 Å². The van der Waals surface area contributed by atoms with Gasteiger partial charge in [-0.3, -0.25) is 0 Å². The number of nitrogens with zero attached hydrogens (tertiary/aromatic N) is 1. The topological polar surface area (TPSA) is 23.5 Å². The van der Waals surface area contributed by atoms with Gasteiger partial charge in [-0.2, -0.15) is 0 Å². The monoisotopic (exact) mass is 153 g/mol. The second-order valence-electron chi connectivity index (χ2n) is 2.86. The first-order valence-electron chi connectivity index (χ1n) is 4.06. The molecule has 2 heteroatoms. The van der Waals surface area contributed by atoms with Crippen LogP contribution in [0.1, 0.15) is 20.3 Å². The number of hydrogen-bond acceptors (Lipinski definition) is 2. The molecule has 62 valence electrons. The molecule has 0 spiro atoms. The maximum absolute atomic E-state index is 9.12. The second kappa shape index (κ2) is 3.46. The lowest BCUT2D eigenvalue weighted by molar-refractivity contribution is 0.348. The van der Waals surface area contributed by atoms with Crippen molar-refractivity contribution in [3.8, 4) is 0 Å². The Hall–Kier alpha value is -0.920. The number of rotatable bonds is 2. The number of aliphatic hydroxyl groups is 1. The van der Waals surface area contributed by atoms with Crippen LogP contribution in [0.15, 0.2) is 23.6 Å². The Balaban J connectivity index is 2.56. The predicted octanol–water partition coefficient (Wildman–Crippen LogP) is 2.06. The normalized spacial score (nSPS) is 17.8. The van der Waals surface area contributed by atoms with Gasteiger partial charge in [-0.05, 0) is 25.5 Å². The van der Waals surface area contributed by atoms with E-state index >= 15 is 0 Å². The van der Waals surface area contributed by atoms with Crippen LogP contribution in [0.4, 0.5) is 0 Å². The Labute approximate surface area is 67.8 Å². The van der Waals surface area contributed by atoms with Crippen LogP contribution in [0, 0.1) is 0 Å². The van der Waals surface area contributed by atoms with Crippen molar-refractivity contribution in [3.05, 3.63) is 23.6 Å². The van der Waals surface area contributed by atoms with Crippen LogP contribution in [0.2, 0.25) is 0 Å². The second-order valence-corrected chi connectivity index (χ2v) is 2.86. The zero-order valence-corrected chi connectivity index (χ0v) is 7.17. The maximum atomic E-state index is 9.12. The zero-order valence-electron chi connectivity index (χ0n) is 7.17. The van der Waals surface area contributed by atoms with E-state index in [9.17, 15) is 0 Å². The van der Waals surface area contributed by atoms with Gasteiger partial charge in [-0.25, -0.2) is 0 Å². The molecule has 2 nitrogen and oxygen atoms in total. The van der Waals surface area contributed by atoms with E-state index in [1.165, 1.54) is 0 Å². The summed E-state index contributed by atoms with van der Waals surface area (Å²) >= 11 is 0. The Morgan fingerprint density at radius 1 is 1.64 bits per heavy atom. The Bertz CT molecular complexity index is 194. The number of hydrogen-bond donors (Lipinski definition) is 1. The minimum Gasteiger partial charge on any atom is -0.508 e. The van der Waals surface area contributed by atoms with Gasteiger partial charge in [0.15, 0.2) is 0 Å². The first-order valence-corrected chi connectivity index (χ1v) is 4.06. The van der Waals surface area contributed by atoms with Crippen molar-refractivity contribution >= 4 is 0 Å². The van der Waals surface area contributed by atoms with Crippen molar-refractivity contribution < 1.29 is 5.11 Å². The van der Waals surface area contributed by atoms with Crippen LogP contribution < -0.4 is 0 Å². The van der Waals surface area contributed by atoms with E-state index < -0.39 is 0 Å². The number of allylic oxidation sites excluding steroid dienone is 2. The van der Waals surface area contributed by atoms with E-state index in [0.29, 0.717) is 5.76 Å². The molecule has 0 aromatic rings. The number of aliphatic hydroxyl groups excluding tert-OH is 1. The Kier molecular flexibility index (Phi) is 2.58. The molecule has 0 bridgehead atoms. The van der Waals surface area contributed by atoms with E-state index in [-0.39, 0.29) is 0 Å². The van der Waals surface area contributed by atoms with E-state index in [0.717, 1.165) is 25.2 Å². The molecule has 0 atom stereocenters. The van der Waals surface area contributed by atoms with Crippen LogP contribution in [0.3, 0.4) is 0 Å². The van der Waals surface area contributed by atoms with Crippen molar-refractivity contribution in [2.75, 3.05) is 13.1 Å². The molecule has 0 aromatic carbocycles. The molecular weight excluding hydrogens is 138 g/mol. The van der Waals surface area contributed by atoms with Gasteiger partial charge in [0.1, 0.15) is 5.76 Å². The highest BCUT2D eigenvalue weighted by Gasteiger charge is 2.07. The Morgan fingerprint density at radius 2 is 2.36 bits per heavy atom. The van der Waals surface area contributed by atoms with Crippen molar-refractivity contribution in [1.82, 2.24) is 4.90 Å². The van der Waals surface area contributed by atoms with Crippen molar-refractivity contribution in [2.24, 2.45) is 0 Å². The predicted molar refractivity (Wildman–Crippen MR) is 46.3 cm³/mol. The quantitative estimate of drug-likeness (QED) is 0.656. The molecule has 0 aliphatic carbocycles. The first-order chi connectivity index (χ1) is 5.24. The lowest BCUT2D eigenvalue weighted by Crippen LogP contribution is -2.25. The van der Waals surface area contributed by atoms with Crippen LogP contribution in [-0.2, 0) is 0 Å². The fourth-order valence-electron chi connectivity index (χ4n) is 1.25. The molecule has 0 fully saturated rings. The van der Waals surface area contributed by atoms with Gasteiger partial charge in [-0.15, -0.1) is 0 Å². The van der Waals surface area contributed by atoms with E-state index in [4.69, 9.17) is 5.11 Å². The van der Waals surface area contributed by atoms with Gasteiger partial charge >= 0.3 is 0 Å². The molecule has 11 heavy (non-hydrogen) atoms. The molecule has 0 radical (unpaired) electrons. The van der Waals surface area contributed by atoms with Crippen LogP contribution >= 0.6 is 0 Å². The first kappa shape index (κ1) is 8.18. The molecule has 1 aliphatic heterocycles. The molecule has 1 N–H and O–H groups in total. The summed E-state index contributed by atoms with van der Waals surface area (Å²) in [5.74, 6) is 0.398. The third-order valence-electron chi connectivity index (χ3n) is 1.87. The lowest BCUT2D eigenvalue weighted by Gasteiger charge is -2.25. The van der Waals surface area contributed by atoms with Gasteiger partial charge < -0.3 is 10.0 Å². The highest BCUT2D eigenvalue weighted by Crippen LogP contribution is 2.12. The van der Waals surface area contributed by atoms with Crippen LogP contribution in [0.25, 0.3) is 0 Å². The van der Waals surface area contributed by atoms with Crippen molar-refractivity contribution in [2.45, 2.75) is 20.3 Å². The fraction of sp³-hybridized carbons (Fsp3) is 0.556. The highest BCUT2D eigenvalue weighted by molar-refractivity contribution is 5.20. The molecule has 1 rings (SSSR count). The summed E-state index contributed by atoms with van der Waals surface area (Å²) in [7, 11) is 0. The summed E-state index contributed by atoms with van der Waals surface area (Å²) in [6, 6.07) is 0. The summed E-state index contributed by atoms with van der Waals surface area (Å²) in [5, 5.41) is 9.12. The van der Waals surface area contributed by atoms with Crippen molar-refractivity contribution in [3.63, 3.8) is 0 Å². The average Bonchev–Trinajstić information content (AvgIpc) is 1.95. The largest absolute Gasteiger partial charge is 0.508 e. The standard InChI is InChI=1S/C9H15NO/c1-3-5-10-6-4-9(11)7-8(10)2/h4,7,11H,3,5-6H2,1-2H3. The third-order valence-corrected chi connectivity index (χ3v) is 1.87. The maximum Gasteiger partial charge on any atom is 0.115 e. The van der Waals surface area contributed by atoms with Crippen LogP contribution in [-0.4, -0.2) is 23.1 Å². The highest BCUT2D eigenvalue weighted by atomic mass is 16.3. The summed E-state index contributed by atoms with van der Waals surface area (Å²) < 4.78 is 0. The van der Waals surface area contributed by atoms with Crippen LogP contribution in [0.5, 0.6) is 0 Å². The summed E-state index contributed by atoms with van der Waals surface area (Å²) in [4.78, 5) is 2.25. The van der Waals surface area contributed by atoms with Gasteiger partial charge in [-0.1, -0.05) is 6.92 Å². The molecule has 0 amide bonds. The van der Waals surface area contributed by atoms with E-state index in [1.807, 2.05) is 13.0 Å². The average molecular weight is 153 g/mol. The lowest BCUT2D eigenvalue weighted by atomic mass is 10.2. The van der Waals surface area contributed by atoms with E-state index in [1.54, 1.807) is 6.08 Å². The minimum atomic E-state index is 0.398.